The van der Waals surface area contributed by atoms with Crippen molar-refractivity contribution in [3.63, 3.8) is 0 Å². The quantitative estimate of drug-likeness (QED) is 0.562. The molecule has 0 heterocycles. The SMILES string of the molecule is C[C@H](C(=O)Oc1cccc([C@@]2(O)C[C@@H]3CC[C@@H](C3)[C@@H]2CN(C)C)c1)c1ccccc1. The van der Waals surface area contributed by atoms with Crippen molar-refractivity contribution in [2.24, 2.45) is 17.8 Å². The largest absolute Gasteiger partial charge is 0.426 e. The fourth-order valence-electron chi connectivity index (χ4n) is 5.58. The number of hydrogen-bond donors (Lipinski definition) is 1. The molecule has 2 fully saturated rings. The summed E-state index contributed by atoms with van der Waals surface area (Å²) in [6, 6.07) is 17.2. The fraction of sp³-hybridized carbons (Fsp3) is 0.500. The standard InChI is InChI=1S/C26H33NO3/c1-18(20-8-5-4-6-9-20)25(28)30-23-11-7-10-22(15-23)26(29)16-19-12-13-21(14-19)24(26)17-27(2)3/h4-11,15,18-19,21,24,29H,12-14,16-17H2,1-3H3/t18-,19+,21-,24-,26-/m0/s1. The van der Waals surface area contributed by atoms with Crippen LogP contribution in [0.3, 0.4) is 0 Å². The predicted molar refractivity (Wildman–Crippen MR) is 118 cm³/mol. The minimum absolute atomic E-state index is 0.195. The predicted octanol–water partition coefficient (Wildman–Crippen LogP) is 4.58. The molecule has 2 aromatic carbocycles. The molecular weight excluding hydrogens is 374 g/mol. The lowest BCUT2D eigenvalue weighted by molar-refractivity contribution is -0.135. The molecule has 2 aliphatic carbocycles. The maximum Gasteiger partial charge on any atom is 0.318 e. The van der Waals surface area contributed by atoms with Gasteiger partial charge < -0.3 is 14.7 Å². The second-order valence-electron chi connectivity index (χ2n) is 9.52. The Balaban J connectivity index is 1.57. The second kappa shape index (κ2) is 8.52. The van der Waals surface area contributed by atoms with Gasteiger partial charge in [-0.25, -0.2) is 0 Å². The van der Waals surface area contributed by atoms with Crippen LogP contribution in [0.2, 0.25) is 0 Å². The van der Waals surface area contributed by atoms with Crippen molar-refractivity contribution in [3.05, 3.63) is 65.7 Å². The van der Waals surface area contributed by atoms with E-state index >= 15 is 0 Å². The normalized spacial score (nSPS) is 29.0. The van der Waals surface area contributed by atoms with Gasteiger partial charge in [0.25, 0.3) is 0 Å². The Morgan fingerprint density at radius 3 is 2.67 bits per heavy atom. The van der Waals surface area contributed by atoms with Gasteiger partial charge in [0.15, 0.2) is 0 Å². The number of carbonyl (C=O) groups is 1. The number of fused-ring (bicyclic) bond motifs is 2. The highest BCUT2D eigenvalue weighted by Crippen LogP contribution is 2.54. The zero-order chi connectivity index (χ0) is 21.3. The molecular formula is C26H33NO3. The van der Waals surface area contributed by atoms with Crippen LogP contribution in [0.4, 0.5) is 0 Å². The Morgan fingerprint density at radius 1 is 1.17 bits per heavy atom. The third-order valence-electron chi connectivity index (χ3n) is 7.13. The summed E-state index contributed by atoms with van der Waals surface area (Å²) in [6.45, 7) is 2.73. The van der Waals surface area contributed by atoms with E-state index in [1.165, 1.54) is 19.3 Å². The number of aliphatic hydroxyl groups is 1. The van der Waals surface area contributed by atoms with Gasteiger partial charge >= 0.3 is 5.97 Å². The average molecular weight is 408 g/mol. The van der Waals surface area contributed by atoms with E-state index in [9.17, 15) is 9.90 Å². The zero-order valence-electron chi connectivity index (χ0n) is 18.3. The Hall–Kier alpha value is -2.17. The number of carbonyl (C=O) groups excluding carboxylic acids is 1. The van der Waals surface area contributed by atoms with Crippen LogP contribution in [0.1, 0.15) is 49.7 Å². The molecule has 160 valence electrons. The van der Waals surface area contributed by atoms with E-state index in [1.807, 2.05) is 55.5 Å². The topological polar surface area (TPSA) is 49.8 Å². The Bertz CT molecular complexity index is 881. The van der Waals surface area contributed by atoms with Crippen molar-refractivity contribution >= 4 is 5.97 Å². The first-order valence-corrected chi connectivity index (χ1v) is 11.1. The molecule has 0 aromatic heterocycles. The van der Waals surface area contributed by atoms with Crippen molar-refractivity contribution in [1.29, 1.82) is 0 Å². The lowest BCUT2D eigenvalue weighted by Crippen LogP contribution is -2.47. The number of benzene rings is 2. The third kappa shape index (κ3) is 4.17. The van der Waals surface area contributed by atoms with Gasteiger partial charge in [-0.15, -0.1) is 0 Å². The molecule has 0 saturated heterocycles. The van der Waals surface area contributed by atoms with Gasteiger partial charge in [-0.3, -0.25) is 4.79 Å². The van der Waals surface area contributed by atoms with E-state index in [1.54, 1.807) is 6.07 Å². The molecule has 0 radical (unpaired) electrons. The van der Waals surface area contributed by atoms with Crippen LogP contribution in [0.15, 0.2) is 54.6 Å². The minimum Gasteiger partial charge on any atom is -0.426 e. The smallest absolute Gasteiger partial charge is 0.318 e. The maximum atomic E-state index is 12.7. The highest BCUT2D eigenvalue weighted by atomic mass is 16.5. The molecule has 0 aliphatic heterocycles. The molecule has 4 nitrogen and oxygen atoms in total. The molecule has 5 atom stereocenters. The molecule has 4 heteroatoms. The summed E-state index contributed by atoms with van der Waals surface area (Å²) in [6.07, 6.45) is 4.43. The molecule has 4 rings (SSSR count). The van der Waals surface area contributed by atoms with Crippen molar-refractivity contribution in [3.8, 4) is 5.75 Å². The van der Waals surface area contributed by atoms with Gasteiger partial charge in [-0.1, -0.05) is 48.9 Å². The molecule has 0 amide bonds. The van der Waals surface area contributed by atoms with Gasteiger partial charge in [0, 0.05) is 12.5 Å². The minimum atomic E-state index is -0.873. The first-order chi connectivity index (χ1) is 14.4. The van der Waals surface area contributed by atoms with E-state index in [-0.39, 0.29) is 17.8 Å². The Morgan fingerprint density at radius 2 is 1.93 bits per heavy atom. The van der Waals surface area contributed by atoms with Crippen LogP contribution >= 0.6 is 0 Å². The highest BCUT2D eigenvalue weighted by Gasteiger charge is 2.51. The van der Waals surface area contributed by atoms with Crippen LogP contribution in [0.5, 0.6) is 5.75 Å². The maximum absolute atomic E-state index is 12.7. The molecule has 1 N–H and O–H groups in total. The Labute approximate surface area is 179 Å². The monoisotopic (exact) mass is 407 g/mol. The fourth-order valence-corrected chi connectivity index (χ4v) is 5.58. The number of rotatable bonds is 6. The van der Waals surface area contributed by atoms with E-state index in [4.69, 9.17) is 4.74 Å². The molecule has 2 aliphatic rings. The van der Waals surface area contributed by atoms with E-state index in [0.29, 0.717) is 17.6 Å². The molecule has 2 saturated carbocycles. The van der Waals surface area contributed by atoms with Crippen molar-refractivity contribution in [2.75, 3.05) is 20.6 Å². The number of esters is 1. The van der Waals surface area contributed by atoms with E-state index in [2.05, 4.69) is 19.0 Å². The lowest BCUT2D eigenvalue weighted by atomic mass is 9.66. The van der Waals surface area contributed by atoms with Crippen LogP contribution in [0, 0.1) is 17.8 Å². The summed E-state index contributed by atoms with van der Waals surface area (Å²) in [5.74, 6) is 1.22. The lowest BCUT2D eigenvalue weighted by Gasteiger charge is -2.45. The summed E-state index contributed by atoms with van der Waals surface area (Å²) < 4.78 is 5.73. The van der Waals surface area contributed by atoms with Crippen molar-refractivity contribution in [1.82, 2.24) is 4.90 Å². The number of ether oxygens (including phenoxy) is 1. The molecule has 30 heavy (non-hydrogen) atoms. The highest BCUT2D eigenvalue weighted by molar-refractivity contribution is 5.79. The van der Waals surface area contributed by atoms with Crippen molar-refractivity contribution in [2.45, 2.75) is 44.1 Å². The van der Waals surface area contributed by atoms with E-state index in [0.717, 1.165) is 24.1 Å². The van der Waals surface area contributed by atoms with Crippen LogP contribution < -0.4 is 4.74 Å². The summed E-state index contributed by atoms with van der Waals surface area (Å²) in [5.41, 5.74) is 0.942. The van der Waals surface area contributed by atoms with Crippen molar-refractivity contribution < 1.29 is 14.6 Å². The van der Waals surface area contributed by atoms with Gasteiger partial charge in [-0.05, 0) is 75.4 Å². The van der Waals surface area contributed by atoms with Gasteiger partial charge in [0.05, 0.1) is 11.5 Å². The molecule has 2 aromatic rings. The van der Waals surface area contributed by atoms with Gasteiger partial charge in [-0.2, -0.15) is 0 Å². The second-order valence-corrected chi connectivity index (χ2v) is 9.52. The summed E-state index contributed by atoms with van der Waals surface area (Å²) in [7, 11) is 4.15. The molecule has 0 spiro atoms. The molecule has 2 bridgehead atoms. The summed E-state index contributed by atoms with van der Waals surface area (Å²) in [4.78, 5) is 14.9. The van der Waals surface area contributed by atoms with Crippen LogP contribution in [-0.4, -0.2) is 36.6 Å². The average Bonchev–Trinajstić information content (AvgIpc) is 3.14. The van der Waals surface area contributed by atoms with Crippen LogP contribution in [-0.2, 0) is 10.4 Å². The first kappa shape index (κ1) is 21.1. The summed E-state index contributed by atoms with van der Waals surface area (Å²) in [5, 5.41) is 11.9. The third-order valence-corrected chi connectivity index (χ3v) is 7.13. The summed E-state index contributed by atoms with van der Waals surface area (Å²) >= 11 is 0. The van der Waals surface area contributed by atoms with Crippen LogP contribution in [0.25, 0.3) is 0 Å². The first-order valence-electron chi connectivity index (χ1n) is 11.1. The number of nitrogens with zero attached hydrogens (tertiary/aromatic N) is 1. The number of hydrogen-bond acceptors (Lipinski definition) is 4. The Kier molecular flexibility index (Phi) is 5.99. The molecule has 0 unspecified atom stereocenters. The van der Waals surface area contributed by atoms with Gasteiger partial charge in [0.1, 0.15) is 5.75 Å². The van der Waals surface area contributed by atoms with Gasteiger partial charge in [0.2, 0.25) is 0 Å². The zero-order valence-corrected chi connectivity index (χ0v) is 18.3. The van der Waals surface area contributed by atoms with E-state index < -0.39 is 5.60 Å².